The zero-order valence-corrected chi connectivity index (χ0v) is 13.9. The van der Waals surface area contributed by atoms with E-state index in [1.54, 1.807) is 6.20 Å². The number of hydrogen-bond donors (Lipinski definition) is 0. The molecule has 1 saturated heterocycles. The maximum absolute atomic E-state index is 12.2. The monoisotopic (exact) mass is 308 g/mol. The highest BCUT2D eigenvalue weighted by Gasteiger charge is 2.31. The van der Waals surface area contributed by atoms with Crippen LogP contribution >= 0.6 is 11.8 Å². The summed E-state index contributed by atoms with van der Waals surface area (Å²) >= 11 is 1.85. The fourth-order valence-corrected chi connectivity index (χ4v) is 3.51. The summed E-state index contributed by atoms with van der Waals surface area (Å²) in [6.07, 6.45) is 5.64. The van der Waals surface area contributed by atoms with Crippen molar-refractivity contribution in [2.45, 2.75) is 51.0 Å². The van der Waals surface area contributed by atoms with Gasteiger partial charge in [0.1, 0.15) is 5.60 Å². The van der Waals surface area contributed by atoms with Gasteiger partial charge in [-0.1, -0.05) is 6.07 Å². The minimum Gasteiger partial charge on any atom is -0.444 e. The Bertz CT molecular complexity index is 459. The predicted molar refractivity (Wildman–Crippen MR) is 86.4 cm³/mol. The highest BCUT2D eigenvalue weighted by molar-refractivity contribution is 7.98. The van der Waals surface area contributed by atoms with Crippen LogP contribution in [0.2, 0.25) is 0 Å². The van der Waals surface area contributed by atoms with E-state index in [1.165, 1.54) is 5.56 Å². The molecule has 5 heteroatoms. The third kappa shape index (κ3) is 5.23. The van der Waals surface area contributed by atoms with Gasteiger partial charge in [-0.15, -0.1) is 0 Å². The molecule has 2 rings (SSSR count). The Kier molecular flexibility index (Phi) is 5.51. The summed E-state index contributed by atoms with van der Waals surface area (Å²) in [6.45, 7) is 6.54. The molecule has 1 amide bonds. The molecule has 0 N–H and O–H groups in total. The lowest BCUT2D eigenvalue weighted by molar-refractivity contribution is 0.0242. The highest BCUT2D eigenvalue weighted by Crippen LogP contribution is 2.25. The van der Waals surface area contributed by atoms with Gasteiger partial charge in [0.05, 0.1) is 0 Å². The van der Waals surface area contributed by atoms with Crippen LogP contribution in [-0.2, 0) is 10.5 Å². The quantitative estimate of drug-likeness (QED) is 0.850. The van der Waals surface area contributed by atoms with Crippen LogP contribution in [0.4, 0.5) is 4.79 Å². The van der Waals surface area contributed by atoms with E-state index in [9.17, 15) is 4.79 Å². The largest absolute Gasteiger partial charge is 0.444 e. The number of nitrogens with zero attached hydrogens (tertiary/aromatic N) is 2. The zero-order valence-electron chi connectivity index (χ0n) is 13.0. The molecule has 4 nitrogen and oxygen atoms in total. The summed E-state index contributed by atoms with van der Waals surface area (Å²) < 4.78 is 5.48. The van der Waals surface area contributed by atoms with Crippen molar-refractivity contribution in [1.82, 2.24) is 9.88 Å². The molecule has 2 heterocycles. The van der Waals surface area contributed by atoms with E-state index in [4.69, 9.17) is 4.74 Å². The van der Waals surface area contributed by atoms with Gasteiger partial charge in [-0.05, 0) is 45.2 Å². The average molecular weight is 308 g/mol. The number of rotatable bonds is 4. The molecule has 1 aromatic heterocycles. The van der Waals surface area contributed by atoms with Gasteiger partial charge in [0.15, 0.2) is 0 Å². The van der Waals surface area contributed by atoms with E-state index < -0.39 is 5.60 Å². The first-order chi connectivity index (χ1) is 9.96. The number of aromatic nitrogens is 1. The van der Waals surface area contributed by atoms with Gasteiger partial charge in [0.25, 0.3) is 0 Å². The summed E-state index contributed by atoms with van der Waals surface area (Å²) in [6, 6.07) is 4.33. The number of likely N-dealkylation sites (tertiary alicyclic amines) is 1. The molecular formula is C16H24N2O2S. The number of carbonyl (C=O) groups excluding carboxylic acids is 1. The van der Waals surface area contributed by atoms with Crippen LogP contribution in [0, 0.1) is 0 Å². The van der Waals surface area contributed by atoms with E-state index >= 15 is 0 Å². The van der Waals surface area contributed by atoms with Crippen molar-refractivity contribution in [3.63, 3.8) is 0 Å². The molecule has 1 aliphatic heterocycles. The summed E-state index contributed by atoms with van der Waals surface area (Å²) in [7, 11) is 0. The van der Waals surface area contributed by atoms with Gasteiger partial charge in [-0.2, -0.15) is 11.8 Å². The smallest absolute Gasteiger partial charge is 0.410 e. The van der Waals surface area contributed by atoms with Gasteiger partial charge in [-0.3, -0.25) is 4.98 Å². The van der Waals surface area contributed by atoms with E-state index in [0.717, 1.165) is 30.9 Å². The lowest BCUT2D eigenvalue weighted by atomic mass is 10.2. The highest BCUT2D eigenvalue weighted by atomic mass is 32.2. The van der Waals surface area contributed by atoms with Crippen LogP contribution in [-0.4, -0.2) is 39.9 Å². The molecular weight excluding hydrogens is 284 g/mol. The number of ether oxygens (including phenoxy) is 1. The standard InChI is InChI=1S/C16H24N2O2S/c1-16(2,3)20-15(19)18-9-5-7-14(18)12-21-11-13-6-4-8-17-10-13/h4,6,8,10,14H,5,7,9,11-12H2,1-3H3. The van der Waals surface area contributed by atoms with E-state index in [0.29, 0.717) is 6.04 Å². The number of thioether (sulfide) groups is 1. The number of pyridine rings is 1. The molecule has 1 aliphatic rings. The van der Waals surface area contributed by atoms with Crippen LogP contribution in [0.25, 0.3) is 0 Å². The summed E-state index contributed by atoms with van der Waals surface area (Å²) in [5.41, 5.74) is 0.803. The van der Waals surface area contributed by atoms with Crippen molar-refractivity contribution in [3.05, 3.63) is 30.1 Å². The van der Waals surface area contributed by atoms with Crippen LogP contribution in [0.3, 0.4) is 0 Å². The molecule has 1 aromatic rings. The Morgan fingerprint density at radius 2 is 2.33 bits per heavy atom. The van der Waals surface area contributed by atoms with Crippen LogP contribution in [0.1, 0.15) is 39.2 Å². The summed E-state index contributed by atoms with van der Waals surface area (Å²) in [5.74, 6) is 1.89. The van der Waals surface area contributed by atoms with Gasteiger partial charge < -0.3 is 9.64 Å². The molecule has 1 fully saturated rings. The van der Waals surface area contributed by atoms with Crippen molar-refractivity contribution in [2.75, 3.05) is 12.3 Å². The maximum atomic E-state index is 12.2. The summed E-state index contributed by atoms with van der Waals surface area (Å²) in [5, 5.41) is 0. The lowest BCUT2D eigenvalue weighted by Gasteiger charge is -2.28. The first kappa shape index (κ1) is 16.1. The molecule has 0 bridgehead atoms. The van der Waals surface area contributed by atoms with E-state index in [2.05, 4.69) is 11.1 Å². The second-order valence-electron chi connectivity index (χ2n) is 6.35. The minimum atomic E-state index is -0.424. The van der Waals surface area contributed by atoms with Crippen molar-refractivity contribution >= 4 is 17.9 Å². The molecule has 0 spiro atoms. The Hall–Kier alpha value is -1.23. The lowest BCUT2D eigenvalue weighted by Crippen LogP contribution is -2.40. The van der Waals surface area contributed by atoms with Gasteiger partial charge in [0, 0.05) is 36.5 Å². The summed E-state index contributed by atoms with van der Waals surface area (Å²) in [4.78, 5) is 18.2. The second-order valence-corrected chi connectivity index (χ2v) is 7.38. The van der Waals surface area contributed by atoms with Gasteiger partial charge in [0.2, 0.25) is 0 Å². The molecule has 1 atom stereocenters. The Morgan fingerprint density at radius 3 is 3.00 bits per heavy atom. The molecule has 0 saturated carbocycles. The first-order valence-corrected chi connectivity index (χ1v) is 8.57. The molecule has 0 aromatic carbocycles. The zero-order chi connectivity index (χ0) is 15.3. The first-order valence-electron chi connectivity index (χ1n) is 7.42. The number of amides is 1. The molecule has 0 aliphatic carbocycles. The van der Waals surface area contributed by atoms with E-state index in [-0.39, 0.29) is 6.09 Å². The second kappa shape index (κ2) is 7.16. The average Bonchev–Trinajstić information content (AvgIpc) is 2.86. The number of carbonyl (C=O) groups is 1. The normalized spacial score (nSPS) is 18.8. The van der Waals surface area contributed by atoms with Crippen molar-refractivity contribution in [1.29, 1.82) is 0 Å². The van der Waals surface area contributed by atoms with Crippen molar-refractivity contribution in [3.8, 4) is 0 Å². The van der Waals surface area contributed by atoms with Crippen LogP contribution in [0.5, 0.6) is 0 Å². The molecule has 116 valence electrons. The maximum Gasteiger partial charge on any atom is 0.410 e. The van der Waals surface area contributed by atoms with Crippen molar-refractivity contribution in [2.24, 2.45) is 0 Å². The SMILES string of the molecule is CC(C)(C)OC(=O)N1CCCC1CSCc1cccnc1. The van der Waals surface area contributed by atoms with Crippen LogP contribution < -0.4 is 0 Å². The Labute approximate surface area is 131 Å². The molecule has 0 radical (unpaired) electrons. The third-order valence-electron chi connectivity index (χ3n) is 3.31. The minimum absolute atomic E-state index is 0.174. The van der Waals surface area contributed by atoms with Gasteiger partial charge >= 0.3 is 6.09 Å². The van der Waals surface area contributed by atoms with E-state index in [1.807, 2.05) is 49.7 Å². The number of hydrogen-bond acceptors (Lipinski definition) is 4. The Balaban J connectivity index is 1.80. The Morgan fingerprint density at radius 1 is 1.52 bits per heavy atom. The van der Waals surface area contributed by atoms with Crippen molar-refractivity contribution < 1.29 is 9.53 Å². The topological polar surface area (TPSA) is 42.4 Å². The molecule has 1 unspecified atom stereocenters. The predicted octanol–water partition coefficient (Wildman–Crippen LogP) is 3.71. The van der Waals surface area contributed by atoms with Gasteiger partial charge in [-0.25, -0.2) is 4.79 Å². The fraction of sp³-hybridized carbons (Fsp3) is 0.625. The molecule has 21 heavy (non-hydrogen) atoms. The third-order valence-corrected chi connectivity index (χ3v) is 4.46. The fourth-order valence-electron chi connectivity index (χ4n) is 2.37. The van der Waals surface area contributed by atoms with Crippen LogP contribution in [0.15, 0.2) is 24.5 Å².